The van der Waals surface area contributed by atoms with Gasteiger partial charge < -0.3 is 4.74 Å². The van der Waals surface area contributed by atoms with Crippen molar-refractivity contribution in [1.29, 1.82) is 0 Å². The molecule has 0 aromatic heterocycles. The molecule has 4 aliphatic carbocycles. The second-order valence-corrected chi connectivity index (χ2v) is 8.73. The van der Waals surface area contributed by atoms with E-state index >= 15 is 0 Å². The van der Waals surface area contributed by atoms with Crippen molar-refractivity contribution in [2.45, 2.75) is 78.2 Å². The van der Waals surface area contributed by atoms with Gasteiger partial charge in [0.2, 0.25) is 0 Å². The highest BCUT2D eigenvalue weighted by molar-refractivity contribution is 5.66. The minimum Gasteiger partial charge on any atom is -0.462 e. The van der Waals surface area contributed by atoms with Crippen LogP contribution in [0.2, 0.25) is 0 Å². The summed E-state index contributed by atoms with van der Waals surface area (Å²) in [6, 6.07) is 0. The monoisotopic (exact) mass is 340 g/mol. The van der Waals surface area contributed by atoms with Crippen LogP contribution >= 0.6 is 0 Å². The van der Waals surface area contributed by atoms with Gasteiger partial charge in [0.25, 0.3) is 0 Å². The fourth-order valence-corrected chi connectivity index (χ4v) is 6.65. The highest BCUT2D eigenvalue weighted by Gasteiger charge is 2.54. The van der Waals surface area contributed by atoms with E-state index in [0.717, 1.165) is 24.7 Å². The Morgan fingerprint density at radius 1 is 1.32 bits per heavy atom. The predicted octanol–water partition coefficient (Wildman–Crippen LogP) is 5.75. The van der Waals surface area contributed by atoms with E-state index in [4.69, 9.17) is 4.74 Å². The van der Waals surface area contributed by atoms with Gasteiger partial charge in [-0.25, -0.2) is 0 Å². The predicted molar refractivity (Wildman–Crippen MR) is 101 cm³/mol. The van der Waals surface area contributed by atoms with E-state index in [1.807, 2.05) is 0 Å². The van der Waals surface area contributed by atoms with Gasteiger partial charge in [-0.1, -0.05) is 36.8 Å². The van der Waals surface area contributed by atoms with Gasteiger partial charge in [0, 0.05) is 18.8 Å². The zero-order valence-corrected chi connectivity index (χ0v) is 16.0. The lowest BCUT2D eigenvalue weighted by atomic mass is 9.51. The normalized spacial score (nSPS) is 43.9. The van der Waals surface area contributed by atoms with Crippen LogP contribution in [0.3, 0.4) is 0 Å². The standard InChI is InChI=1S/C23H32O2/c1-4-17-15-21(25-16(3)24)10-13-22(17,5-2)20-9-12-23-11-8-18(23)6-7-19(23)14-20/h4,6,8,11,19-21H,5,7,9-10,12-15H2,1-3H3. The molecule has 0 aromatic rings. The lowest BCUT2D eigenvalue weighted by Crippen LogP contribution is -2.45. The van der Waals surface area contributed by atoms with Crippen LogP contribution in [0.4, 0.5) is 0 Å². The van der Waals surface area contributed by atoms with Gasteiger partial charge in [-0.15, -0.1) is 0 Å². The average Bonchev–Trinajstić information content (AvgIpc) is 2.84. The van der Waals surface area contributed by atoms with Crippen LogP contribution < -0.4 is 0 Å². The smallest absolute Gasteiger partial charge is 0.302 e. The first-order valence-corrected chi connectivity index (χ1v) is 10.3. The molecule has 2 nitrogen and oxygen atoms in total. The fraction of sp³-hybridized carbons (Fsp3) is 0.696. The molecule has 5 unspecified atom stereocenters. The Bertz CT molecular complexity index is 655. The van der Waals surface area contributed by atoms with Crippen molar-refractivity contribution in [3.8, 4) is 0 Å². The third-order valence-corrected chi connectivity index (χ3v) is 8.02. The summed E-state index contributed by atoms with van der Waals surface area (Å²) < 4.78 is 5.56. The molecule has 0 heterocycles. The summed E-state index contributed by atoms with van der Waals surface area (Å²) >= 11 is 0. The van der Waals surface area contributed by atoms with Crippen molar-refractivity contribution in [2.24, 2.45) is 22.7 Å². The largest absolute Gasteiger partial charge is 0.462 e. The fourth-order valence-electron chi connectivity index (χ4n) is 6.65. The Hall–Kier alpha value is -1.31. The minimum absolute atomic E-state index is 0.0904. The lowest BCUT2D eigenvalue weighted by molar-refractivity contribution is -0.148. The molecule has 0 aromatic carbocycles. The van der Waals surface area contributed by atoms with Crippen LogP contribution in [0.5, 0.6) is 0 Å². The van der Waals surface area contributed by atoms with Crippen molar-refractivity contribution in [2.75, 3.05) is 0 Å². The second kappa shape index (κ2) is 6.14. The molecule has 2 saturated carbocycles. The van der Waals surface area contributed by atoms with Gasteiger partial charge >= 0.3 is 5.97 Å². The number of carbonyl (C=O) groups excluding carboxylic acids is 1. The summed E-state index contributed by atoms with van der Waals surface area (Å²) in [5, 5.41) is 0. The van der Waals surface area contributed by atoms with Crippen molar-refractivity contribution >= 4 is 5.97 Å². The molecule has 4 rings (SSSR count). The molecule has 0 bridgehead atoms. The molecular weight excluding hydrogens is 308 g/mol. The molecule has 0 N–H and O–H groups in total. The van der Waals surface area contributed by atoms with Crippen molar-refractivity contribution in [3.05, 3.63) is 35.5 Å². The molecule has 1 spiro atoms. The van der Waals surface area contributed by atoms with E-state index in [2.05, 4.69) is 38.2 Å². The Balaban J connectivity index is 1.53. The molecule has 25 heavy (non-hydrogen) atoms. The lowest BCUT2D eigenvalue weighted by Gasteiger charge is -2.54. The molecule has 0 saturated heterocycles. The highest BCUT2D eigenvalue weighted by Crippen LogP contribution is 2.64. The number of allylic oxidation sites excluding steroid dienone is 5. The maximum atomic E-state index is 11.4. The van der Waals surface area contributed by atoms with Gasteiger partial charge in [-0.05, 0) is 74.7 Å². The second-order valence-electron chi connectivity index (χ2n) is 8.73. The first-order valence-electron chi connectivity index (χ1n) is 10.3. The molecule has 136 valence electrons. The number of carbonyl (C=O) groups is 1. The summed E-state index contributed by atoms with van der Waals surface area (Å²) in [7, 11) is 0. The Kier molecular flexibility index (Phi) is 4.21. The summed E-state index contributed by atoms with van der Waals surface area (Å²) in [6.45, 7) is 6.10. The third-order valence-electron chi connectivity index (χ3n) is 8.02. The summed E-state index contributed by atoms with van der Waals surface area (Å²) in [4.78, 5) is 11.4. The van der Waals surface area contributed by atoms with Crippen LogP contribution in [0, 0.1) is 22.7 Å². The zero-order valence-electron chi connectivity index (χ0n) is 16.0. The molecule has 2 fully saturated rings. The first kappa shape index (κ1) is 17.1. The van der Waals surface area contributed by atoms with Crippen molar-refractivity contribution in [1.82, 2.24) is 0 Å². The summed E-state index contributed by atoms with van der Waals surface area (Å²) in [6.07, 6.45) is 19.5. The number of hydrogen-bond acceptors (Lipinski definition) is 2. The number of rotatable bonds is 3. The van der Waals surface area contributed by atoms with E-state index in [1.54, 1.807) is 11.1 Å². The van der Waals surface area contributed by atoms with E-state index in [-0.39, 0.29) is 12.1 Å². The molecule has 5 atom stereocenters. The number of esters is 1. The Morgan fingerprint density at radius 2 is 2.16 bits per heavy atom. The summed E-state index contributed by atoms with van der Waals surface area (Å²) in [5.74, 6) is 1.49. The average molecular weight is 341 g/mol. The molecular formula is C23H32O2. The van der Waals surface area contributed by atoms with Gasteiger partial charge in [0.05, 0.1) is 0 Å². The van der Waals surface area contributed by atoms with Gasteiger partial charge in [-0.3, -0.25) is 4.79 Å². The maximum Gasteiger partial charge on any atom is 0.302 e. The van der Waals surface area contributed by atoms with Crippen LogP contribution in [0.15, 0.2) is 35.5 Å². The van der Waals surface area contributed by atoms with E-state index in [9.17, 15) is 4.79 Å². The highest BCUT2D eigenvalue weighted by atomic mass is 16.5. The van der Waals surface area contributed by atoms with Crippen molar-refractivity contribution in [3.63, 3.8) is 0 Å². The molecule has 2 heteroatoms. The minimum atomic E-state index is -0.134. The molecule has 4 aliphatic rings. The zero-order chi connectivity index (χ0) is 17.7. The molecule has 0 radical (unpaired) electrons. The molecule has 0 aliphatic heterocycles. The van der Waals surface area contributed by atoms with Crippen LogP contribution in [-0.4, -0.2) is 12.1 Å². The van der Waals surface area contributed by atoms with Crippen LogP contribution in [-0.2, 0) is 9.53 Å². The van der Waals surface area contributed by atoms with Crippen LogP contribution in [0.25, 0.3) is 0 Å². The molecule has 0 amide bonds. The first-order chi connectivity index (χ1) is 12.0. The van der Waals surface area contributed by atoms with Crippen LogP contribution in [0.1, 0.15) is 72.1 Å². The summed E-state index contributed by atoms with van der Waals surface area (Å²) in [5.41, 5.74) is 3.98. The quantitative estimate of drug-likeness (QED) is 0.483. The van der Waals surface area contributed by atoms with E-state index < -0.39 is 0 Å². The topological polar surface area (TPSA) is 26.3 Å². The van der Waals surface area contributed by atoms with Gasteiger partial charge in [0.1, 0.15) is 6.10 Å². The maximum absolute atomic E-state index is 11.4. The van der Waals surface area contributed by atoms with Gasteiger partial charge in [-0.2, -0.15) is 0 Å². The third kappa shape index (κ3) is 2.47. The Labute approximate surface area is 152 Å². The number of hydrogen-bond donors (Lipinski definition) is 0. The Morgan fingerprint density at radius 3 is 2.80 bits per heavy atom. The van der Waals surface area contributed by atoms with Crippen molar-refractivity contribution < 1.29 is 9.53 Å². The SMILES string of the molecule is CC=C1CC(OC(C)=O)CCC1(CC)C1CCC23C=CC2=CCC3C1. The van der Waals surface area contributed by atoms with Gasteiger partial charge in [0.15, 0.2) is 0 Å². The number of ether oxygens (including phenoxy) is 1. The van der Waals surface area contributed by atoms with E-state index in [1.165, 1.54) is 45.4 Å². The van der Waals surface area contributed by atoms with E-state index in [0.29, 0.717) is 10.8 Å².